The molecule has 2 heterocycles. The standard InChI is InChI=1S/C12H18N2O3S/c1-7-8(12(15)16)5-11(18-7)14-4-3-9(13)10(6-14)17-2/h5,9-10H,3-4,6,13H2,1-2H3,(H,15,16)/t9-,10+/m0/s1. The van der Waals surface area contributed by atoms with Gasteiger partial charge in [0.05, 0.1) is 16.7 Å². The molecular weight excluding hydrogens is 252 g/mol. The summed E-state index contributed by atoms with van der Waals surface area (Å²) in [5, 5.41) is 10.0. The van der Waals surface area contributed by atoms with Crippen LogP contribution in [-0.4, -0.2) is 43.4 Å². The van der Waals surface area contributed by atoms with E-state index in [9.17, 15) is 4.79 Å². The predicted octanol–water partition coefficient (Wildman–Crippen LogP) is 1.31. The van der Waals surface area contributed by atoms with Crippen molar-refractivity contribution in [3.05, 3.63) is 16.5 Å². The van der Waals surface area contributed by atoms with E-state index in [0.717, 1.165) is 29.4 Å². The zero-order chi connectivity index (χ0) is 13.3. The molecule has 1 saturated heterocycles. The van der Waals surface area contributed by atoms with Crippen molar-refractivity contribution in [3.63, 3.8) is 0 Å². The number of anilines is 1. The Labute approximate surface area is 110 Å². The average molecular weight is 270 g/mol. The van der Waals surface area contributed by atoms with Crippen molar-refractivity contribution in [3.8, 4) is 0 Å². The minimum Gasteiger partial charge on any atom is -0.478 e. The molecule has 0 aromatic carbocycles. The molecule has 1 fully saturated rings. The molecule has 18 heavy (non-hydrogen) atoms. The average Bonchev–Trinajstić information content (AvgIpc) is 2.72. The zero-order valence-electron chi connectivity index (χ0n) is 10.5. The third-order valence-corrected chi connectivity index (χ3v) is 4.47. The van der Waals surface area contributed by atoms with Crippen LogP contribution in [0.15, 0.2) is 6.07 Å². The Morgan fingerprint density at radius 3 is 2.94 bits per heavy atom. The fourth-order valence-electron chi connectivity index (χ4n) is 2.22. The molecule has 0 bridgehead atoms. The first kappa shape index (κ1) is 13.3. The van der Waals surface area contributed by atoms with Gasteiger partial charge in [-0.3, -0.25) is 0 Å². The van der Waals surface area contributed by atoms with E-state index in [1.165, 1.54) is 11.3 Å². The molecule has 0 radical (unpaired) electrons. The van der Waals surface area contributed by atoms with Crippen LogP contribution in [0.1, 0.15) is 21.7 Å². The molecule has 100 valence electrons. The summed E-state index contributed by atoms with van der Waals surface area (Å²) in [6.07, 6.45) is 0.868. The van der Waals surface area contributed by atoms with E-state index in [2.05, 4.69) is 4.90 Å². The van der Waals surface area contributed by atoms with Crippen LogP contribution in [0, 0.1) is 6.92 Å². The summed E-state index contributed by atoms with van der Waals surface area (Å²) >= 11 is 1.51. The van der Waals surface area contributed by atoms with Crippen molar-refractivity contribution in [2.24, 2.45) is 5.73 Å². The zero-order valence-corrected chi connectivity index (χ0v) is 11.4. The van der Waals surface area contributed by atoms with Gasteiger partial charge in [-0.1, -0.05) is 0 Å². The fourth-order valence-corrected chi connectivity index (χ4v) is 3.26. The predicted molar refractivity (Wildman–Crippen MR) is 71.6 cm³/mol. The number of ether oxygens (including phenoxy) is 1. The van der Waals surface area contributed by atoms with E-state index in [-0.39, 0.29) is 12.1 Å². The first-order chi connectivity index (χ1) is 8.52. The van der Waals surface area contributed by atoms with Crippen LogP contribution in [0.2, 0.25) is 0 Å². The maximum Gasteiger partial charge on any atom is 0.336 e. The number of carboxylic acid groups (broad SMARTS) is 1. The smallest absolute Gasteiger partial charge is 0.336 e. The van der Waals surface area contributed by atoms with Gasteiger partial charge in [0.2, 0.25) is 0 Å². The van der Waals surface area contributed by atoms with Gasteiger partial charge < -0.3 is 20.5 Å². The van der Waals surface area contributed by atoms with Crippen molar-refractivity contribution >= 4 is 22.3 Å². The molecule has 2 atom stereocenters. The van der Waals surface area contributed by atoms with Crippen molar-refractivity contribution in [2.45, 2.75) is 25.5 Å². The number of nitrogens with two attached hydrogens (primary N) is 1. The number of hydrogen-bond donors (Lipinski definition) is 2. The molecule has 3 N–H and O–H groups in total. The maximum absolute atomic E-state index is 11.0. The van der Waals surface area contributed by atoms with Crippen molar-refractivity contribution in [1.29, 1.82) is 0 Å². The second kappa shape index (κ2) is 5.26. The van der Waals surface area contributed by atoms with Crippen LogP contribution in [0.25, 0.3) is 0 Å². The molecular formula is C12H18N2O3S. The molecule has 1 aliphatic rings. The van der Waals surface area contributed by atoms with Crippen molar-refractivity contribution < 1.29 is 14.6 Å². The SMILES string of the molecule is CO[C@@H]1CN(c2cc(C(=O)O)c(C)s2)CC[C@@H]1N. The number of rotatable bonds is 3. The topological polar surface area (TPSA) is 75.8 Å². The van der Waals surface area contributed by atoms with Crippen LogP contribution in [0.3, 0.4) is 0 Å². The first-order valence-corrected chi connectivity index (χ1v) is 6.71. The summed E-state index contributed by atoms with van der Waals surface area (Å²) in [4.78, 5) is 14.0. The highest BCUT2D eigenvalue weighted by Gasteiger charge is 2.28. The Balaban J connectivity index is 2.17. The van der Waals surface area contributed by atoms with Gasteiger partial charge >= 0.3 is 5.97 Å². The molecule has 1 aromatic heterocycles. The van der Waals surface area contributed by atoms with Crippen molar-refractivity contribution in [1.82, 2.24) is 0 Å². The second-order valence-electron chi connectivity index (χ2n) is 4.53. The highest BCUT2D eigenvalue weighted by atomic mass is 32.1. The van der Waals surface area contributed by atoms with E-state index in [0.29, 0.717) is 5.56 Å². The molecule has 1 aromatic rings. The Hall–Kier alpha value is -1.11. The third-order valence-electron chi connectivity index (χ3n) is 3.36. The number of piperidine rings is 1. The number of carboxylic acids is 1. The summed E-state index contributed by atoms with van der Waals surface area (Å²) in [7, 11) is 1.66. The second-order valence-corrected chi connectivity index (χ2v) is 5.77. The lowest BCUT2D eigenvalue weighted by molar-refractivity contribution is 0.0696. The molecule has 6 heteroatoms. The van der Waals surface area contributed by atoms with E-state index in [1.54, 1.807) is 13.2 Å². The Bertz CT molecular complexity index is 447. The third kappa shape index (κ3) is 2.50. The fraction of sp³-hybridized carbons (Fsp3) is 0.583. The van der Waals surface area contributed by atoms with E-state index in [4.69, 9.17) is 15.6 Å². The number of hydrogen-bond acceptors (Lipinski definition) is 5. The van der Waals surface area contributed by atoms with Crippen LogP contribution in [-0.2, 0) is 4.74 Å². The Kier molecular flexibility index (Phi) is 3.89. The lowest BCUT2D eigenvalue weighted by atomic mass is 10.0. The molecule has 5 nitrogen and oxygen atoms in total. The highest BCUT2D eigenvalue weighted by Crippen LogP contribution is 2.31. The molecule has 2 rings (SSSR count). The Morgan fingerprint density at radius 2 is 2.39 bits per heavy atom. The normalized spacial score (nSPS) is 24.3. The first-order valence-electron chi connectivity index (χ1n) is 5.90. The number of carbonyl (C=O) groups is 1. The summed E-state index contributed by atoms with van der Waals surface area (Å²) in [5.41, 5.74) is 6.36. The minimum atomic E-state index is -0.869. The number of nitrogens with zero attached hydrogens (tertiary/aromatic N) is 1. The Morgan fingerprint density at radius 1 is 1.67 bits per heavy atom. The van der Waals surface area contributed by atoms with Gasteiger partial charge in [0.1, 0.15) is 0 Å². The molecule has 0 saturated carbocycles. The summed E-state index contributed by atoms with van der Waals surface area (Å²) in [5.74, 6) is -0.869. The van der Waals surface area contributed by atoms with Crippen LogP contribution in [0.5, 0.6) is 0 Å². The van der Waals surface area contributed by atoms with Crippen LogP contribution < -0.4 is 10.6 Å². The van der Waals surface area contributed by atoms with Gasteiger partial charge in [-0.2, -0.15) is 0 Å². The lowest BCUT2D eigenvalue weighted by Crippen LogP contribution is -2.51. The monoisotopic (exact) mass is 270 g/mol. The van der Waals surface area contributed by atoms with Gasteiger partial charge in [0.25, 0.3) is 0 Å². The summed E-state index contributed by atoms with van der Waals surface area (Å²) < 4.78 is 5.36. The quantitative estimate of drug-likeness (QED) is 0.866. The van der Waals surface area contributed by atoms with E-state index >= 15 is 0 Å². The van der Waals surface area contributed by atoms with Gasteiger partial charge in [0.15, 0.2) is 0 Å². The highest BCUT2D eigenvalue weighted by molar-refractivity contribution is 7.16. The molecule has 1 aliphatic heterocycles. The summed E-state index contributed by atoms with van der Waals surface area (Å²) in [6.45, 7) is 3.40. The van der Waals surface area contributed by atoms with Gasteiger partial charge in [-0.05, 0) is 19.4 Å². The number of aryl methyl sites for hydroxylation is 1. The number of methoxy groups -OCH3 is 1. The molecule has 0 amide bonds. The van der Waals surface area contributed by atoms with E-state index in [1.807, 2.05) is 6.92 Å². The largest absolute Gasteiger partial charge is 0.478 e. The number of aromatic carboxylic acids is 1. The lowest BCUT2D eigenvalue weighted by Gasteiger charge is -2.36. The van der Waals surface area contributed by atoms with E-state index < -0.39 is 5.97 Å². The van der Waals surface area contributed by atoms with Gasteiger partial charge in [-0.15, -0.1) is 11.3 Å². The van der Waals surface area contributed by atoms with Crippen LogP contribution in [0.4, 0.5) is 5.00 Å². The molecule has 0 aliphatic carbocycles. The van der Waals surface area contributed by atoms with Crippen LogP contribution >= 0.6 is 11.3 Å². The summed E-state index contributed by atoms with van der Waals surface area (Å²) in [6, 6.07) is 1.80. The molecule has 0 unspecified atom stereocenters. The van der Waals surface area contributed by atoms with Gasteiger partial charge in [0, 0.05) is 31.1 Å². The number of thiophene rings is 1. The minimum absolute atomic E-state index is 0.00874. The maximum atomic E-state index is 11.0. The van der Waals surface area contributed by atoms with Gasteiger partial charge in [-0.25, -0.2) is 4.79 Å². The van der Waals surface area contributed by atoms with Crippen molar-refractivity contribution in [2.75, 3.05) is 25.1 Å². The molecule has 0 spiro atoms.